The molecule has 8 heteroatoms. The average Bonchev–Trinajstić information content (AvgIpc) is 3.40. The maximum absolute atomic E-state index is 12.3. The van der Waals surface area contributed by atoms with Gasteiger partial charge in [-0.05, 0) is 24.3 Å². The SMILES string of the molecule is CC(=O)NCc1ccc(-c2csc(NC(=O)/C=C/c3cccc4cccnc34)n2)s1. The van der Waals surface area contributed by atoms with Crippen LogP contribution in [0.1, 0.15) is 17.4 Å². The Morgan fingerprint density at radius 2 is 2.00 bits per heavy atom. The number of hydrogen-bond donors (Lipinski definition) is 2. The van der Waals surface area contributed by atoms with Crippen molar-refractivity contribution in [2.45, 2.75) is 13.5 Å². The second-order valence-corrected chi connectivity index (χ2v) is 8.48. The van der Waals surface area contributed by atoms with E-state index in [1.54, 1.807) is 23.6 Å². The van der Waals surface area contributed by atoms with Crippen LogP contribution in [-0.2, 0) is 16.1 Å². The fraction of sp³-hybridized carbons (Fsp3) is 0.0909. The summed E-state index contributed by atoms with van der Waals surface area (Å²) in [5, 5.41) is 9.05. The largest absolute Gasteiger partial charge is 0.351 e. The number of fused-ring (bicyclic) bond motifs is 1. The third kappa shape index (κ3) is 4.79. The summed E-state index contributed by atoms with van der Waals surface area (Å²) in [5.74, 6) is -0.308. The highest BCUT2D eigenvalue weighted by Crippen LogP contribution is 2.30. The number of pyridine rings is 1. The summed E-state index contributed by atoms with van der Waals surface area (Å²) in [5.41, 5.74) is 2.54. The van der Waals surface area contributed by atoms with Gasteiger partial charge in [-0.3, -0.25) is 19.9 Å². The van der Waals surface area contributed by atoms with Gasteiger partial charge in [0.05, 0.1) is 22.6 Å². The van der Waals surface area contributed by atoms with Gasteiger partial charge in [-0.15, -0.1) is 22.7 Å². The normalized spacial score (nSPS) is 11.1. The minimum atomic E-state index is -0.249. The van der Waals surface area contributed by atoms with E-state index in [1.807, 2.05) is 47.8 Å². The molecule has 0 atom stereocenters. The molecule has 2 amide bonds. The highest BCUT2D eigenvalue weighted by atomic mass is 32.1. The number of hydrogen-bond acceptors (Lipinski definition) is 6. The van der Waals surface area contributed by atoms with Gasteiger partial charge >= 0.3 is 0 Å². The molecule has 0 aliphatic carbocycles. The molecule has 150 valence electrons. The van der Waals surface area contributed by atoms with Crippen molar-refractivity contribution in [3.63, 3.8) is 0 Å². The smallest absolute Gasteiger partial charge is 0.250 e. The Morgan fingerprint density at radius 3 is 2.87 bits per heavy atom. The van der Waals surface area contributed by atoms with Crippen LogP contribution < -0.4 is 10.6 Å². The molecule has 0 saturated heterocycles. The fourth-order valence-electron chi connectivity index (χ4n) is 2.84. The summed E-state index contributed by atoms with van der Waals surface area (Å²) in [6, 6.07) is 13.7. The molecule has 4 rings (SSSR count). The molecule has 0 spiro atoms. The first-order valence-electron chi connectivity index (χ1n) is 9.20. The molecule has 1 aromatic carbocycles. The molecule has 0 unspecified atom stereocenters. The van der Waals surface area contributed by atoms with E-state index in [0.29, 0.717) is 11.7 Å². The summed E-state index contributed by atoms with van der Waals surface area (Å²) in [4.78, 5) is 34.3. The van der Waals surface area contributed by atoms with Crippen LogP contribution in [0.5, 0.6) is 0 Å². The van der Waals surface area contributed by atoms with Crippen LogP contribution in [0, 0.1) is 0 Å². The van der Waals surface area contributed by atoms with Crippen LogP contribution in [-0.4, -0.2) is 21.8 Å². The standard InChI is InChI=1S/C22H18N4O2S2/c1-14(27)24-12-17-8-9-19(30-17)18-13-29-22(25-18)26-20(28)10-7-16-5-2-4-15-6-3-11-23-21(15)16/h2-11,13H,12H2,1H3,(H,24,27)(H,25,26,28)/b10-7+. The minimum Gasteiger partial charge on any atom is -0.351 e. The lowest BCUT2D eigenvalue weighted by molar-refractivity contribution is -0.119. The summed E-state index contributed by atoms with van der Waals surface area (Å²) in [6.07, 6.45) is 4.98. The summed E-state index contributed by atoms with van der Waals surface area (Å²) in [6.45, 7) is 2.00. The Balaban J connectivity index is 1.41. The molecule has 0 saturated carbocycles. The number of para-hydroxylation sites is 1. The molecular formula is C22H18N4O2S2. The second kappa shape index (κ2) is 8.98. The van der Waals surface area contributed by atoms with Crippen molar-refractivity contribution >= 4 is 56.6 Å². The number of benzene rings is 1. The zero-order valence-electron chi connectivity index (χ0n) is 16.1. The molecule has 30 heavy (non-hydrogen) atoms. The fourth-order valence-corrected chi connectivity index (χ4v) is 4.54. The molecule has 0 aliphatic rings. The number of thiazole rings is 1. The van der Waals surface area contributed by atoms with Crippen LogP contribution in [0.4, 0.5) is 5.13 Å². The Hall–Kier alpha value is -3.36. The van der Waals surface area contributed by atoms with Gasteiger partial charge in [0.1, 0.15) is 0 Å². The van der Waals surface area contributed by atoms with E-state index in [0.717, 1.165) is 31.9 Å². The van der Waals surface area contributed by atoms with Crippen molar-refractivity contribution in [2.24, 2.45) is 0 Å². The number of anilines is 1. The topological polar surface area (TPSA) is 84.0 Å². The first kappa shape index (κ1) is 19.9. The van der Waals surface area contributed by atoms with Gasteiger partial charge in [-0.1, -0.05) is 24.3 Å². The zero-order valence-corrected chi connectivity index (χ0v) is 17.7. The molecule has 0 fully saturated rings. The van der Waals surface area contributed by atoms with Crippen LogP contribution in [0.15, 0.2) is 60.1 Å². The van der Waals surface area contributed by atoms with Gasteiger partial charge in [-0.2, -0.15) is 0 Å². The number of thiophene rings is 1. The molecule has 2 N–H and O–H groups in total. The number of nitrogens with one attached hydrogen (secondary N) is 2. The van der Waals surface area contributed by atoms with Crippen LogP contribution in [0.3, 0.4) is 0 Å². The monoisotopic (exact) mass is 434 g/mol. The van der Waals surface area contributed by atoms with Gasteiger partial charge in [0.2, 0.25) is 11.8 Å². The number of aromatic nitrogens is 2. The molecular weight excluding hydrogens is 416 g/mol. The lowest BCUT2D eigenvalue weighted by Gasteiger charge is -2.00. The number of carbonyl (C=O) groups is 2. The van der Waals surface area contributed by atoms with E-state index in [2.05, 4.69) is 20.6 Å². The number of amides is 2. The molecule has 0 radical (unpaired) electrons. The van der Waals surface area contributed by atoms with Crippen molar-refractivity contribution in [2.75, 3.05) is 5.32 Å². The van der Waals surface area contributed by atoms with Crippen LogP contribution in [0.25, 0.3) is 27.6 Å². The van der Waals surface area contributed by atoms with Gasteiger partial charge in [-0.25, -0.2) is 4.98 Å². The second-order valence-electron chi connectivity index (χ2n) is 6.46. The lowest BCUT2D eigenvalue weighted by atomic mass is 10.1. The van der Waals surface area contributed by atoms with Gasteiger partial charge in [0, 0.05) is 40.4 Å². The third-order valence-electron chi connectivity index (χ3n) is 4.24. The summed E-state index contributed by atoms with van der Waals surface area (Å²) in [7, 11) is 0. The van der Waals surface area contributed by atoms with Crippen molar-refractivity contribution in [3.05, 3.63) is 70.6 Å². The van der Waals surface area contributed by atoms with Gasteiger partial charge in [0.25, 0.3) is 0 Å². The Bertz CT molecular complexity index is 1240. The van der Waals surface area contributed by atoms with Crippen molar-refractivity contribution in [1.82, 2.24) is 15.3 Å². The van der Waals surface area contributed by atoms with E-state index >= 15 is 0 Å². The van der Waals surface area contributed by atoms with Gasteiger partial charge < -0.3 is 5.32 Å². The van der Waals surface area contributed by atoms with Crippen molar-refractivity contribution in [1.29, 1.82) is 0 Å². The van der Waals surface area contributed by atoms with Crippen molar-refractivity contribution in [3.8, 4) is 10.6 Å². The maximum Gasteiger partial charge on any atom is 0.250 e. The Kier molecular flexibility index (Phi) is 5.97. The lowest BCUT2D eigenvalue weighted by Crippen LogP contribution is -2.17. The highest BCUT2D eigenvalue weighted by molar-refractivity contribution is 7.17. The van der Waals surface area contributed by atoms with E-state index in [4.69, 9.17) is 0 Å². The first-order valence-corrected chi connectivity index (χ1v) is 10.9. The molecule has 0 bridgehead atoms. The predicted octanol–water partition coefficient (Wildman–Crippen LogP) is 4.71. The number of nitrogens with zero attached hydrogens (tertiary/aromatic N) is 2. The number of rotatable bonds is 6. The average molecular weight is 435 g/mol. The van der Waals surface area contributed by atoms with E-state index in [-0.39, 0.29) is 11.8 Å². The van der Waals surface area contributed by atoms with Crippen molar-refractivity contribution < 1.29 is 9.59 Å². The summed E-state index contributed by atoms with van der Waals surface area (Å²) >= 11 is 2.94. The number of carbonyl (C=O) groups excluding carboxylic acids is 2. The third-order valence-corrected chi connectivity index (χ3v) is 6.10. The molecule has 4 aromatic rings. The van der Waals surface area contributed by atoms with E-state index in [1.165, 1.54) is 24.3 Å². The highest BCUT2D eigenvalue weighted by Gasteiger charge is 2.09. The first-order chi connectivity index (χ1) is 14.6. The van der Waals surface area contributed by atoms with E-state index in [9.17, 15) is 9.59 Å². The Morgan fingerprint density at radius 1 is 1.13 bits per heavy atom. The molecule has 6 nitrogen and oxygen atoms in total. The predicted molar refractivity (Wildman–Crippen MR) is 122 cm³/mol. The minimum absolute atomic E-state index is 0.0593. The van der Waals surface area contributed by atoms with Crippen LogP contribution >= 0.6 is 22.7 Å². The Labute approximate surface area is 181 Å². The molecule has 0 aliphatic heterocycles. The van der Waals surface area contributed by atoms with E-state index < -0.39 is 0 Å². The molecule has 3 heterocycles. The molecule has 3 aromatic heterocycles. The quantitative estimate of drug-likeness (QED) is 0.431. The maximum atomic E-state index is 12.3. The van der Waals surface area contributed by atoms with Gasteiger partial charge in [0.15, 0.2) is 5.13 Å². The van der Waals surface area contributed by atoms with Crippen LogP contribution in [0.2, 0.25) is 0 Å². The summed E-state index contributed by atoms with van der Waals surface area (Å²) < 4.78 is 0. The zero-order chi connectivity index (χ0) is 20.9.